The summed E-state index contributed by atoms with van der Waals surface area (Å²) < 4.78 is 15.8. The third-order valence-corrected chi connectivity index (χ3v) is 6.71. The maximum Gasteiger partial charge on any atom is 0.339 e. The van der Waals surface area contributed by atoms with Gasteiger partial charge in [-0.05, 0) is 61.1 Å². The third-order valence-electron chi connectivity index (χ3n) is 6.71. The summed E-state index contributed by atoms with van der Waals surface area (Å²) in [5.41, 5.74) is 3.76. The number of allylic oxidation sites excluding steroid dienone is 1. The molecule has 1 aliphatic heterocycles. The lowest BCUT2D eigenvalue weighted by Crippen LogP contribution is -2.42. The lowest BCUT2D eigenvalue weighted by atomic mass is 9.97. The van der Waals surface area contributed by atoms with Gasteiger partial charge in [0.2, 0.25) is 0 Å². The second kappa shape index (κ2) is 9.74. The highest BCUT2D eigenvalue weighted by molar-refractivity contribution is 6.07. The molecule has 1 saturated heterocycles. The summed E-state index contributed by atoms with van der Waals surface area (Å²) in [6.07, 6.45) is 6.03. The Balaban J connectivity index is 1.35. The number of rotatable bonds is 5. The summed E-state index contributed by atoms with van der Waals surface area (Å²) in [6, 6.07) is 11.2. The monoisotopic (exact) mass is 474 g/mol. The Kier molecular flexibility index (Phi) is 6.35. The van der Waals surface area contributed by atoms with Crippen molar-refractivity contribution in [2.75, 3.05) is 26.8 Å². The number of hydrogen-bond acceptors (Lipinski definition) is 7. The van der Waals surface area contributed by atoms with E-state index >= 15 is 0 Å². The van der Waals surface area contributed by atoms with Crippen LogP contribution in [0.2, 0.25) is 0 Å². The van der Waals surface area contributed by atoms with E-state index < -0.39 is 5.97 Å². The van der Waals surface area contributed by atoms with E-state index in [0.717, 1.165) is 29.0 Å². The Bertz CT molecular complexity index is 1300. The molecule has 0 radical (unpaired) electrons. The van der Waals surface area contributed by atoms with E-state index in [4.69, 9.17) is 18.9 Å². The SMILES string of the molecule is COC(=O)C1CCN(C(=O)COC(=O)c2c3c(nc4ccccc24)C(=Cc2ccco2)CC3)CC1. The first-order chi connectivity index (χ1) is 17.0. The van der Waals surface area contributed by atoms with Gasteiger partial charge in [-0.3, -0.25) is 9.59 Å². The zero-order valence-electron chi connectivity index (χ0n) is 19.5. The van der Waals surface area contributed by atoms with Gasteiger partial charge in [-0.1, -0.05) is 18.2 Å². The van der Waals surface area contributed by atoms with Gasteiger partial charge < -0.3 is 18.8 Å². The van der Waals surface area contributed by atoms with Crippen LogP contribution in [-0.2, 0) is 25.5 Å². The van der Waals surface area contributed by atoms with Crippen LogP contribution < -0.4 is 0 Å². The number of carbonyl (C=O) groups is 3. The van der Waals surface area contributed by atoms with Crippen LogP contribution >= 0.6 is 0 Å². The van der Waals surface area contributed by atoms with Crippen LogP contribution in [0.4, 0.5) is 0 Å². The molecule has 0 N–H and O–H groups in total. The maximum atomic E-state index is 13.3. The number of likely N-dealkylation sites (tertiary alicyclic amines) is 1. The van der Waals surface area contributed by atoms with E-state index in [1.807, 2.05) is 42.5 Å². The number of furan rings is 1. The first kappa shape index (κ1) is 22.8. The summed E-state index contributed by atoms with van der Waals surface area (Å²) >= 11 is 0. The molecule has 5 rings (SSSR count). The molecule has 3 heterocycles. The minimum Gasteiger partial charge on any atom is -0.469 e. The van der Waals surface area contributed by atoms with Crippen LogP contribution in [0.15, 0.2) is 47.1 Å². The highest BCUT2D eigenvalue weighted by atomic mass is 16.5. The highest BCUT2D eigenvalue weighted by Crippen LogP contribution is 2.37. The van der Waals surface area contributed by atoms with Crippen LogP contribution in [0, 0.1) is 5.92 Å². The Morgan fingerprint density at radius 2 is 1.91 bits per heavy atom. The van der Waals surface area contributed by atoms with Gasteiger partial charge >= 0.3 is 11.9 Å². The predicted molar refractivity (Wildman–Crippen MR) is 128 cm³/mol. The van der Waals surface area contributed by atoms with Crippen LogP contribution in [0.5, 0.6) is 0 Å². The lowest BCUT2D eigenvalue weighted by Gasteiger charge is -2.30. The standard InChI is InChI=1S/C27H26N2O6/c1-33-26(31)17-10-12-29(13-11-17)23(30)16-35-27(32)24-20-6-2-3-7-22(20)28-25-18(8-9-21(24)25)15-19-5-4-14-34-19/h2-7,14-15,17H,8-13,16H2,1H3. The van der Waals surface area contributed by atoms with E-state index in [2.05, 4.69) is 0 Å². The Labute approximate surface area is 202 Å². The second-order valence-electron chi connectivity index (χ2n) is 8.77. The Morgan fingerprint density at radius 1 is 1.11 bits per heavy atom. The number of methoxy groups -OCH3 is 1. The summed E-state index contributed by atoms with van der Waals surface area (Å²) in [4.78, 5) is 44.2. The molecular weight excluding hydrogens is 448 g/mol. The Morgan fingerprint density at radius 3 is 2.66 bits per heavy atom. The molecule has 35 heavy (non-hydrogen) atoms. The van der Waals surface area contributed by atoms with E-state index in [1.54, 1.807) is 11.2 Å². The molecule has 3 aromatic rings. The molecule has 1 aromatic carbocycles. The number of nitrogens with zero attached hydrogens (tertiary/aromatic N) is 2. The van der Waals surface area contributed by atoms with Crippen molar-refractivity contribution in [1.29, 1.82) is 0 Å². The predicted octanol–water partition coefficient (Wildman–Crippen LogP) is 3.88. The smallest absolute Gasteiger partial charge is 0.339 e. The summed E-state index contributed by atoms with van der Waals surface area (Å²) in [5.74, 6) is -0.510. The van der Waals surface area contributed by atoms with Gasteiger partial charge in [0, 0.05) is 18.5 Å². The van der Waals surface area contributed by atoms with E-state index in [-0.39, 0.29) is 24.4 Å². The van der Waals surface area contributed by atoms with Crippen molar-refractivity contribution in [3.8, 4) is 0 Å². The van der Waals surface area contributed by atoms with Crippen molar-refractivity contribution in [2.45, 2.75) is 25.7 Å². The molecule has 0 spiro atoms. The van der Waals surface area contributed by atoms with Crippen molar-refractivity contribution < 1.29 is 28.3 Å². The number of hydrogen-bond donors (Lipinski definition) is 0. The number of benzene rings is 1. The first-order valence-electron chi connectivity index (χ1n) is 11.7. The average Bonchev–Trinajstić information content (AvgIpc) is 3.55. The molecule has 8 heteroatoms. The molecule has 8 nitrogen and oxygen atoms in total. The van der Waals surface area contributed by atoms with Crippen molar-refractivity contribution in [3.05, 3.63) is 65.2 Å². The number of ether oxygens (including phenoxy) is 2. The van der Waals surface area contributed by atoms with E-state index in [9.17, 15) is 14.4 Å². The van der Waals surface area contributed by atoms with Gasteiger partial charge in [0.25, 0.3) is 5.91 Å². The minimum atomic E-state index is -0.531. The van der Waals surface area contributed by atoms with E-state index in [0.29, 0.717) is 48.8 Å². The van der Waals surface area contributed by atoms with Crippen molar-refractivity contribution in [3.63, 3.8) is 0 Å². The fraction of sp³-hybridized carbons (Fsp3) is 0.333. The number of esters is 2. The zero-order valence-corrected chi connectivity index (χ0v) is 19.5. The van der Waals surface area contributed by atoms with E-state index in [1.165, 1.54) is 7.11 Å². The molecule has 0 bridgehead atoms. The normalized spacial score (nSPS) is 16.9. The van der Waals surface area contributed by atoms with Crippen molar-refractivity contribution >= 4 is 40.4 Å². The third kappa shape index (κ3) is 4.56. The largest absolute Gasteiger partial charge is 0.469 e. The van der Waals surface area contributed by atoms with Gasteiger partial charge in [0.1, 0.15) is 5.76 Å². The van der Waals surface area contributed by atoms with Crippen LogP contribution in [0.3, 0.4) is 0 Å². The second-order valence-corrected chi connectivity index (χ2v) is 8.77. The number of pyridine rings is 1. The molecule has 1 amide bonds. The van der Waals surface area contributed by atoms with Gasteiger partial charge in [-0.2, -0.15) is 0 Å². The quantitative estimate of drug-likeness (QED) is 0.518. The summed E-state index contributed by atoms with van der Waals surface area (Å²) in [5, 5.41) is 0.710. The molecule has 1 aliphatic carbocycles. The molecule has 2 aliphatic rings. The highest BCUT2D eigenvalue weighted by Gasteiger charge is 2.30. The molecule has 2 aromatic heterocycles. The average molecular weight is 475 g/mol. The molecule has 0 atom stereocenters. The number of aromatic nitrogens is 1. The topological polar surface area (TPSA) is 98.9 Å². The molecule has 180 valence electrons. The fourth-order valence-electron chi connectivity index (χ4n) is 4.88. The number of carbonyl (C=O) groups excluding carboxylic acids is 3. The van der Waals surface area contributed by atoms with Crippen LogP contribution in [0.1, 0.15) is 46.6 Å². The Hall–Kier alpha value is -3.94. The van der Waals surface area contributed by atoms with Crippen molar-refractivity contribution in [1.82, 2.24) is 9.88 Å². The number of para-hydroxylation sites is 1. The molecule has 0 saturated carbocycles. The number of piperidine rings is 1. The number of fused-ring (bicyclic) bond motifs is 2. The minimum absolute atomic E-state index is 0.194. The summed E-state index contributed by atoms with van der Waals surface area (Å²) in [6.45, 7) is 0.525. The van der Waals surface area contributed by atoms with Crippen molar-refractivity contribution in [2.24, 2.45) is 5.92 Å². The molecule has 1 fully saturated rings. The molecule has 0 unspecified atom stereocenters. The lowest BCUT2D eigenvalue weighted by molar-refractivity contribution is -0.149. The first-order valence-corrected chi connectivity index (χ1v) is 11.7. The van der Waals surface area contributed by atoms with Gasteiger partial charge in [-0.25, -0.2) is 9.78 Å². The van der Waals surface area contributed by atoms with Crippen LogP contribution in [0.25, 0.3) is 22.6 Å². The number of amides is 1. The zero-order chi connectivity index (χ0) is 24.4. The summed E-state index contributed by atoms with van der Waals surface area (Å²) in [7, 11) is 1.37. The van der Waals surface area contributed by atoms with Crippen LogP contribution in [-0.4, -0.2) is 54.5 Å². The maximum absolute atomic E-state index is 13.3. The van der Waals surface area contributed by atoms with Gasteiger partial charge in [0.15, 0.2) is 6.61 Å². The van der Waals surface area contributed by atoms with Gasteiger partial charge in [-0.15, -0.1) is 0 Å². The van der Waals surface area contributed by atoms with Gasteiger partial charge in [0.05, 0.1) is 36.1 Å². The molecular formula is C27H26N2O6. The fourth-order valence-corrected chi connectivity index (χ4v) is 4.88.